The molecule has 0 saturated carbocycles. The molecule has 0 aromatic heterocycles. The number of amides is 1. The van der Waals surface area contributed by atoms with Crippen molar-refractivity contribution in [3.05, 3.63) is 29.3 Å². The van der Waals surface area contributed by atoms with Crippen LogP contribution in [0.3, 0.4) is 0 Å². The highest BCUT2D eigenvalue weighted by molar-refractivity contribution is 5.83. The number of piperidine rings is 1. The molecule has 2 aliphatic rings. The number of benzene rings is 1. The van der Waals surface area contributed by atoms with Crippen LogP contribution in [0.15, 0.2) is 18.2 Å². The molecule has 3 rings (SSSR count). The van der Waals surface area contributed by atoms with E-state index in [0.717, 1.165) is 12.2 Å². The van der Waals surface area contributed by atoms with Gasteiger partial charge >= 0.3 is 0 Å². The van der Waals surface area contributed by atoms with Crippen LogP contribution >= 0.6 is 0 Å². The second-order valence-corrected chi connectivity index (χ2v) is 6.16. The van der Waals surface area contributed by atoms with E-state index in [1.807, 2.05) is 6.07 Å². The van der Waals surface area contributed by atoms with E-state index >= 15 is 0 Å². The van der Waals surface area contributed by atoms with Crippen molar-refractivity contribution in [3.63, 3.8) is 0 Å². The minimum absolute atomic E-state index is 0.0884. The van der Waals surface area contributed by atoms with E-state index in [9.17, 15) is 9.59 Å². The molecule has 22 heavy (non-hydrogen) atoms. The van der Waals surface area contributed by atoms with Gasteiger partial charge in [0.1, 0.15) is 11.5 Å². The number of fused-ring (bicyclic) bond motifs is 1. The molecule has 4 heteroatoms. The van der Waals surface area contributed by atoms with Crippen LogP contribution in [0, 0.1) is 0 Å². The Morgan fingerprint density at radius 3 is 2.55 bits per heavy atom. The van der Waals surface area contributed by atoms with E-state index in [0.29, 0.717) is 39.0 Å². The predicted molar refractivity (Wildman–Crippen MR) is 84.0 cm³/mol. The van der Waals surface area contributed by atoms with Crippen molar-refractivity contribution < 1.29 is 14.3 Å². The zero-order valence-electron chi connectivity index (χ0n) is 13.0. The fourth-order valence-corrected chi connectivity index (χ4v) is 3.22. The fraction of sp³-hybridized carbons (Fsp3) is 0.556. The molecule has 1 aromatic carbocycles. The maximum absolute atomic E-state index is 12.1. The number of Topliss-reactive ketones (excluding diaryl/α,β-unsaturated/α-hetero) is 1. The highest BCUT2D eigenvalue weighted by Crippen LogP contribution is 2.25. The minimum atomic E-state index is 0.0884. The summed E-state index contributed by atoms with van der Waals surface area (Å²) in [7, 11) is 0. The van der Waals surface area contributed by atoms with Gasteiger partial charge in [0.15, 0.2) is 0 Å². The van der Waals surface area contributed by atoms with Gasteiger partial charge < -0.3 is 9.64 Å². The quantitative estimate of drug-likeness (QED) is 0.858. The highest BCUT2D eigenvalue weighted by Gasteiger charge is 2.20. The maximum Gasteiger partial charge on any atom is 0.226 e. The van der Waals surface area contributed by atoms with Crippen LogP contribution in [0.5, 0.6) is 5.75 Å². The molecule has 1 aliphatic heterocycles. The van der Waals surface area contributed by atoms with Crippen LogP contribution in [-0.2, 0) is 22.4 Å². The normalized spacial score (nSPS) is 18.0. The lowest BCUT2D eigenvalue weighted by Crippen LogP contribution is -2.39. The molecule has 1 heterocycles. The molecule has 0 bridgehead atoms. The number of carbonyl (C=O) groups is 2. The standard InChI is InChI=1S/C18H23NO3/c20-16-7-10-19(11-8-16)18(21)9-12-22-17-6-5-14-3-1-2-4-15(14)13-17/h5-6,13H,1-4,7-12H2. The monoisotopic (exact) mass is 301 g/mol. The van der Waals surface area contributed by atoms with Gasteiger partial charge in [-0.15, -0.1) is 0 Å². The van der Waals surface area contributed by atoms with Gasteiger partial charge in [-0.2, -0.15) is 0 Å². The van der Waals surface area contributed by atoms with E-state index in [1.165, 1.54) is 30.4 Å². The Balaban J connectivity index is 1.46. The summed E-state index contributed by atoms with van der Waals surface area (Å²) in [4.78, 5) is 25.0. The molecule has 0 atom stereocenters. The number of rotatable bonds is 4. The zero-order valence-corrected chi connectivity index (χ0v) is 13.0. The molecular formula is C18H23NO3. The summed E-state index contributed by atoms with van der Waals surface area (Å²) in [6.45, 7) is 1.54. The molecule has 4 nitrogen and oxygen atoms in total. The number of likely N-dealkylation sites (tertiary alicyclic amines) is 1. The van der Waals surface area contributed by atoms with Gasteiger partial charge in [-0.25, -0.2) is 0 Å². The summed E-state index contributed by atoms with van der Waals surface area (Å²) in [5.41, 5.74) is 2.83. The molecule has 0 radical (unpaired) electrons. The fourth-order valence-electron chi connectivity index (χ4n) is 3.22. The Kier molecular flexibility index (Phi) is 4.76. The molecule has 1 fully saturated rings. The Labute approximate surface area is 131 Å². The smallest absolute Gasteiger partial charge is 0.226 e. The van der Waals surface area contributed by atoms with E-state index < -0.39 is 0 Å². The first-order valence-corrected chi connectivity index (χ1v) is 8.26. The van der Waals surface area contributed by atoms with Gasteiger partial charge in [0.2, 0.25) is 5.91 Å². The molecule has 1 amide bonds. The molecule has 1 aliphatic carbocycles. The predicted octanol–water partition coefficient (Wildman–Crippen LogP) is 2.53. The van der Waals surface area contributed by atoms with E-state index in [2.05, 4.69) is 12.1 Å². The van der Waals surface area contributed by atoms with Gasteiger partial charge in [-0.1, -0.05) is 6.07 Å². The van der Waals surface area contributed by atoms with Gasteiger partial charge in [-0.05, 0) is 48.9 Å². The van der Waals surface area contributed by atoms with Crippen molar-refractivity contribution in [2.24, 2.45) is 0 Å². The second-order valence-electron chi connectivity index (χ2n) is 6.16. The first-order chi connectivity index (χ1) is 10.7. The Morgan fingerprint density at radius 2 is 1.77 bits per heavy atom. The Bertz CT molecular complexity index is 557. The summed E-state index contributed by atoms with van der Waals surface area (Å²) in [6, 6.07) is 6.29. The molecular weight excluding hydrogens is 278 g/mol. The van der Waals surface area contributed by atoms with Gasteiger partial charge in [0.25, 0.3) is 0 Å². The summed E-state index contributed by atoms with van der Waals surface area (Å²) >= 11 is 0. The average molecular weight is 301 g/mol. The number of hydrogen-bond acceptors (Lipinski definition) is 3. The summed E-state index contributed by atoms with van der Waals surface area (Å²) in [5, 5.41) is 0. The van der Waals surface area contributed by atoms with Crippen LogP contribution in [-0.4, -0.2) is 36.3 Å². The van der Waals surface area contributed by atoms with Crippen LogP contribution in [0.2, 0.25) is 0 Å². The van der Waals surface area contributed by atoms with Gasteiger partial charge in [0, 0.05) is 25.9 Å². The van der Waals surface area contributed by atoms with Crippen molar-refractivity contribution in [2.75, 3.05) is 19.7 Å². The van der Waals surface area contributed by atoms with Crippen molar-refractivity contribution in [1.82, 2.24) is 4.90 Å². The Morgan fingerprint density at radius 1 is 1.05 bits per heavy atom. The van der Waals surface area contributed by atoms with Crippen molar-refractivity contribution in [2.45, 2.75) is 44.9 Å². The molecule has 118 valence electrons. The summed E-state index contributed by atoms with van der Waals surface area (Å²) in [5.74, 6) is 1.21. The van der Waals surface area contributed by atoms with Gasteiger partial charge in [-0.3, -0.25) is 9.59 Å². The maximum atomic E-state index is 12.1. The van der Waals surface area contributed by atoms with Crippen molar-refractivity contribution in [3.8, 4) is 5.75 Å². The number of aryl methyl sites for hydroxylation is 2. The van der Waals surface area contributed by atoms with E-state index in [4.69, 9.17) is 4.74 Å². The van der Waals surface area contributed by atoms with Crippen molar-refractivity contribution >= 4 is 11.7 Å². The SMILES string of the molecule is O=C1CCN(C(=O)CCOc2ccc3c(c2)CCCC3)CC1. The first-order valence-electron chi connectivity index (χ1n) is 8.26. The second kappa shape index (κ2) is 6.95. The topological polar surface area (TPSA) is 46.6 Å². The first kappa shape index (κ1) is 15.1. The third kappa shape index (κ3) is 3.67. The number of ether oxygens (including phenoxy) is 1. The van der Waals surface area contributed by atoms with Gasteiger partial charge in [0.05, 0.1) is 13.0 Å². The summed E-state index contributed by atoms with van der Waals surface area (Å²) < 4.78 is 5.74. The summed E-state index contributed by atoms with van der Waals surface area (Å²) in [6.07, 6.45) is 6.21. The number of nitrogens with zero attached hydrogens (tertiary/aromatic N) is 1. The van der Waals surface area contributed by atoms with E-state index in [-0.39, 0.29) is 11.7 Å². The third-order valence-corrected chi connectivity index (χ3v) is 4.58. The molecule has 0 N–H and O–H groups in total. The van der Waals surface area contributed by atoms with Crippen LogP contribution in [0.25, 0.3) is 0 Å². The minimum Gasteiger partial charge on any atom is -0.493 e. The molecule has 1 saturated heterocycles. The lowest BCUT2D eigenvalue weighted by atomic mass is 9.92. The lowest BCUT2D eigenvalue weighted by Gasteiger charge is -2.26. The molecule has 1 aromatic rings. The molecule has 0 unspecified atom stereocenters. The van der Waals surface area contributed by atoms with Crippen LogP contribution in [0.4, 0.5) is 0 Å². The van der Waals surface area contributed by atoms with Crippen molar-refractivity contribution in [1.29, 1.82) is 0 Å². The largest absolute Gasteiger partial charge is 0.493 e. The average Bonchev–Trinajstić information content (AvgIpc) is 2.55. The lowest BCUT2D eigenvalue weighted by molar-refractivity contribution is -0.134. The highest BCUT2D eigenvalue weighted by atomic mass is 16.5. The number of hydrogen-bond donors (Lipinski definition) is 0. The van der Waals surface area contributed by atoms with Crippen LogP contribution in [0.1, 0.15) is 43.2 Å². The zero-order chi connectivity index (χ0) is 15.4. The third-order valence-electron chi connectivity index (χ3n) is 4.58. The van der Waals surface area contributed by atoms with E-state index in [1.54, 1.807) is 4.90 Å². The Hall–Kier alpha value is -1.84. The molecule has 0 spiro atoms. The number of ketones is 1. The van der Waals surface area contributed by atoms with Crippen LogP contribution < -0.4 is 4.74 Å². The number of carbonyl (C=O) groups excluding carboxylic acids is 2.